The number of rotatable bonds is 15. The third-order valence-electron chi connectivity index (χ3n) is 9.01. The standard InChI is InChI=1S/C29H46FN5O3Si2/c1-7-39(8-2,9-3)36-19-23-26(38-40(10-4,11-5)12-6)24(30)29(37-23)35-21-34-25-27(32-20-33-28(25)35)31-18-22-16-14-13-15-17-22/h13-17,20-21,23-24,26,29H,7-12,18-19H2,1-6H3,(H,31,32,33)/t23-,24+,26-,29-/m1/s1. The zero-order chi connectivity index (χ0) is 28.8. The Hall–Kier alpha value is -2.19. The van der Waals surface area contributed by atoms with Crippen molar-refractivity contribution < 1.29 is 18.0 Å². The molecule has 8 nitrogen and oxygen atoms in total. The highest BCUT2D eigenvalue weighted by atomic mass is 28.4. The van der Waals surface area contributed by atoms with Crippen LogP contribution in [0.2, 0.25) is 36.3 Å². The molecule has 11 heteroatoms. The van der Waals surface area contributed by atoms with Crippen LogP contribution in [0.1, 0.15) is 53.3 Å². The van der Waals surface area contributed by atoms with Crippen LogP contribution in [0.5, 0.6) is 0 Å². The molecule has 0 unspecified atom stereocenters. The van der Waals surface area contributed by atoms with Crippen LogP contribution in [-0.4, -0.2) is 61.1 Å². The molecule has 220 valence electrons. The van der Waals surface area contributed by atoms with Crippen molar-refractivity contribution in [3.05, 3.63) is 48.5 Å². The third kappa shape index (κ3) is 6.33. The number of alkyl halides is 1. The highest BCUT2D eigenvalue weighted by molar-refractivity contribution is 6.74. The molecule has 0 spiro atoms. The lowest BCUT2D eigenvalue weighted by atomic mass is 10.1. The van der Waals surface area contributed by atoms with Crippen molar-refractivity contribution in [1.82, 2.24) is 19.5 Å². The molecule has 4 rings (SSSR count). The van der Waals surface area contributed by atoms with Gasteiger partial charge in [-0.1, -0.05) is 71.9 Å². The average Bonchev–Trinajstić information content (AvgIpc) is 3.57. The minimum absolute atomic E-state index is 0.344. The summed E-state index contributed by atoms with van der Waals surface area (Å²) < 4.78 is 38.1. The molecule has 0 radical (unpaired) electrons. The van der Waals surface area contributed by atoms with Crippen molar-refractivity contribution in [2.45, 2.75) is 109 Å². The largest absolute Gasteiger partial charge is 0.414 e. The molecule has 1 aromatic carbocycles. The molecule has 3 aromatic rings. The Balaban J connectivity index is 1.62. The summed E-state index contributed by atoms with van der Waals surface area (Å²) in [5, 5.41) is 3.35. The predicted molar refractivity (Wildman–Crippen MR) is 163 cm³/mol. The van der Waals surface area contributed by atoms with Crippen molar-refractivity contribution in [3.8, 4) is 0 Å². The first-order valence-electron chi connectivity index (χ1n) is 14.9. The van der Waals surface area contributed by atoms with Crippen molar-refractivity contribution in [3.63, 3.8) is 0 Å². The minimum Gasteiger partial charge on any atom is -0.414 e. The summed E-state index contributed by atoms with van der Waals surface area (Å²) in [7, 11) is -4.00. The number of nitrogens with zero attached hydrogens (tertiary/aromatic N) is 4. The van der Waals surface area contributed by atoms with E-state index < -0.39 is 41.2 Å². The fraction of sp³-hybridized carbons (Fsp3) is 0.621. The zero-order valence-electron chi connectivity index (χ0n) is 24.9. The summed E-state index contributed by atoms with van der Waals surface area (Å²) in [5.41, 5.74) is 2.24. The SMILES string of the molecule is CC[Si](CC)(CC)OC[C@H]1O[C@@H](n2cnc3c(NCc4ccccc4)ncnc32)[C@@H](F)[C@@H]1O[Si](CC)(CC)CC. The highest BCUT2D eigenvalue weighted by Gasteiger charge is 2.51. The van der Waals surface area contributed by atoms with E-state index in [9.17, 15) is 0 Å². The Bertz CT molecular complexity index is 1190. The normalized spacial score (nSPS) is 21.8. The molecule has 1 aliphatic heterocycles. The van der Waals surface area contributed by atoms with Crippen molar-refractivity contribution in [2.24, 2.45) is 0 Å². The second kappa shape index (κ2) is 13.7. The van der Waals surface area contributed by atoms with Crippen LogP contribution >= 0.6 is 0 Å². The fourth-order valence-corrected chi connectivity index (χ4v) is 11.2. The van der Waals surface area contributed by atoms with Gasteiger partial charge in [0.2, 0.25) is 0 Å². The van der Waals surface area contributed by atoms with Crippen LogP contribution in [0.4, 0.5) is 10.2 Å². The number of benzene rings is 1. The Morgan fingerprint density at radius 2 is 1.55 bits per heavy atom. The van der Waals surface area contributed by atoms with E-state index in [2.05, 4.69) is 61.8 Å². The molecule has 0 saturated carbocycles. The zero-order valence-corrected chi connectivity index (χ0v) is 26.9. The lowest BCUT2D eigenvalue weighted by molar-refractivity contribution is -0.0416. The van der Waals surface area contributed by atoms with Gasteiger partial charge in [-0.2, -0.15) is 0 Å². The fourth-order valence-electron chi connectivity index (χ4n) is 5.75. The Morgan fingerprint density at radius 1 is 0.900 bits per heavy atom. The minimum atomic E-state index is -2.11. The molecule has 1 aliphatic rings. The maximum atomic E-state index is 16.5. The summed E-state index contributed by atoms with van der Waals surface area (Å²) >= 11 is 0. The van der Waals surface area contributed by atoms with Gasteiger partial charge in [0.25, 0.3) is 0 Å². The van der Waals surface area contributed by atoms with Gasteiger partial charge in [0.1, 0.15) is 18.5 Å². The molecule has 4 atom stereocenters. The number of hydrogen-bond acceptors (Lipinski definition) is 7. The van der Waals surface area contributed by atoms with Crippen LogP contribution in [0, 0.1) is 0 Å². The summed E-state index contributed by atoms with van der Waals surface area (Å²) in [6, 6.07) is 16.0. The highest BCUT2D eigenvalue weighted by Crippen LogP contribution is 2.39. The Kier molecular flexibility index (Phi) is 10.5. The van der Waals surface area contributed by atoms with Crippen LogP contribution < -0.4 is 5.32 Å². The van der Waals surface area contributed by atoms with E-state index in [0.717, 1.165) is 41.8 Å². The van der Waals surface area contributed by atoms with Gasteiger partial charge in [-0.15, -0.1) is 0 Å². The van der Waals surface area contributed by atoms with E-state index in [1.165, 1.54) is 6.33 Å². The first kappa shape index (κ1) is 30.8. The molecule has 1 fully saturated rings. The molecule has 0 amide bonds. The molecular weight excluding hydrogens is 542 g/mol. The second-order valence-electron chi connectivity index (χ2n) is 10.8. The predicted octanol–water partition coefficient (Wildman–Crippen LogP) is 7.09. The molecular formula is C29H46FN5O3Si2. The van der Waals surface area contributed by atoms with Gasteiger partial charge in [-0.05, 0) is 41.8 Å². The van der Waals surface area contributed by atoms with E-state index in [0.29, 0.717) is 30.1 Å². The van der Waals surface area contributed by atoms with E-state index in [1.807, 2.05) is 30.3 Å². The average molecular weight is 588 g/mol. The molecule has 3 heterocycles. The van der Waals surface area contributed by atoms with E-state index >= 15 is 4.39 Å². The maximum absolute atomic E-state index is 16.5. The first-order valence-corrected chi connectivity index (χ1v) is 20.0. The number of halogens is 1. The molecule has 0 aliphatic carbocycles. The topological polar surface area (TPSA) is 83.3 Å². The maximum Gasteiger partial charge on any atom is 0.192 e. The van der Waals surface area contributed by atoms with Crippen LogP contribution in [0.25, 0.3) is 11.2 Å². The van der Waals surface area contributed by atoms with Gasteiger partial charge in [-0.3, -0.25) is 4.57 Å². The lowest BCUT2D eigenvalue weighted by Gasteiger charge is -2.35. The molecule has 0 bridgehead atoms. The van der Waals surface area contributed by atoms with Crippen molar-refractivity contribution in [1.29, 1.82) is 0 Å². The molecule has 1 N–H and O–H groups in total. The summed E-state index contributed by atoms with van der Waals surface area (Å²) in [4.78, 5) is 13.5. The van der Waals surface area contributed by atoms with Gasteiger partial charge in [0.05, 0.1) is 12.9 Å². The van der Waals surface area contributed by atoms with E-state index in [4.69, 9.17) is 13.6 Å². The van der Waals surface area contributed by atoms with Gasteiger partial charge in [-0.25, -0.2) is 19.3 Å². The van der Waals surface area contributed by atoms with Gasteiger partial charge in [0.15, 0.2) is 46.0 Å². The van der Waals surface area contributed by atoms with Gasteiger partial charge in [0, 0.05) is 6.54 Å². The van der Waals surface area contributed by atoms with Gasteiger partial charge < -0.3 is 18.9 Å². The van der Waals surface area contributed by atoms with Crippen molar-refractivity contribution >= 4 is 33.6 Å². The smallest absolute Gasteiger partial charge is 0.192 e. The summed E-state index contributed by atoms with van der Waals surface area (Å²) in [5.74, 6) is 0.604. The molecule has 40 heavy (non-hydrogen) atoms. The lowest BCUT2D eigenvalue weighted by Crippen LogP contribution is -2.48. The van der Waals surface area contributed by atoms with Crippen LogP contribution in [0.3, 0.4) is 0 Å². The Labute approximate surface area is 240 Å². The number of aromatic nitrogens is 4. The summed E-state index contributed by atoms with van der Waals surface area (Å²) in [6.45, 7) is 14.0. The van der Waals surface area contributed by atoms with E-state index in [-0.39, 0.29) is 0 Å². The number of ether oxygens (including phenoxy) is 1. The summed E-state index contributed by atoms with van der Waals surface area (Å²) in [6.07, 6.45) is -0.375. The number of fused-ring (bicyclic) bond motifs is 1. The number of nitrogens with one attached hydrogen (secondary N) is 1. The quantitative estimate of drug-likeness (QED) is 0.190. The van der Waals surface area contributed by atoms with Crippen LogP contribution in [0.15, 0.2) is 43.0 Å². The van der Waals surface area contributed by atoms with E-state index in [1.54, 1.807) is 10.9 Å². The number of hydrogen-bond donors (Lipinski definition) is 1. The number of imidazole rings is 1. The van der Waals surface area contributed by atoms with Gasteiger partial charge >= 0.3 is 0 Å². The molecule has 1 saturated heterocycles. The first-order chi connectivity index (χ1) is 19.4. The second-order valence-corrected chi connectivity index (χ2v) is 20.3. The van der Waals surface area contributed by atoms with Crippen molar-refractivity contribution in [2.75, 3.05) is 11.9 Å². The monoisotopic (exact) mass is 587 g/mol. The third-order valence-corrected chi connectivity index (χ3v) is 18.3. The number of anilines is 1. The Morgan fingerprint density at radius 3 is 2.17 bits per heavy atom. The molecule has 2 aromatic heterocycles. The van der Waals surface area contributed by atoms with Crippen LogP contribution in [-0.2, 0) is 20.1 Å².